The second-order valence-corrected chi connectivity index (χ2v) is 3.61. The summed E-state index contributed by atoms with van der Waals surface area (Å²) in [6.45, 7) is 1.90. The Morgan fingerprint density at radius 1 is 1.71 bits per heavy atom. The summed E-state index contributed by atoms with van der Waals surface area (Å²) >= 11 is 1.45. The van der Waals surface area contributed by atoms with Gasteiger partial charge in [-0.25, -0.2) is 4.79 Å². The van der Waals surface area contributed by atoms with Gasteiger partial charge in [0.1, 0.15) is 0 Å². The lowest BCUT2D eigenvalue weighted by Crippen LogP contribution is -2.13. The number of nitrogens with two attached hydrogens (primary N) is 1. The van der Waals surface area contributed by atoms with E-state index in [-0.39, 0.29) is 11.8 Å². The van der Waals surface area contributed by atoms with Crippen LogP contribution < -0.4 is 5.73 Å². The van der Waals surface area contributed by atoms with E-state index in [1.807, 2.05) is 24.4 Å². The summed E-state index contributed by atoms with van der Waals surface area (Å²) in [5.74, 6) is -0.114. The summed E-state index contributed by atoms with van der Waals surface area (Å²) in [6, 6.07) is 3.67. The number of rotatable bonds is 4. The predicted octanol–water partition coefficient (Wildman–Crippen LogP) is 1.71. The Hall–Kier alpha value is -1.36. The third-order valence-electron chi connectivity index (χ3n) is 1.47. The third kappa shape index (κ3) is 3.18. The van der Waals surface area contributed by atoms with E-state index in [1.54, 1.807) is 0 Å². The fraction of sp³-hybridized carbons (Fsp3) is 0.333. The molecule has 0 spiro atoms. The lowest BCUT2D eigenvalue weighted by Gasteiger charge is -1.96. The molecule has 0 bridgehead atoms. The summed E-state index contributed by atoms with van der Waals surface area (Å²) in [4.78, 5) is 16.3. The number of carbonyl (C=O) groups is 1. The van der Waals surface area contributed by atoms with Crippen molar-refractivity contribution in [2.45, 2.75) is 19.8 Å². The Morgan fingerprint density at radius 3 is 3.07 bits per heavy atom. The van der Waals surface area contributed by atoms with Gasteiger partial charge in [-0.1, -0.05) is 18.1 Å². The minimum Gasteiger partial charge on any atom is -0.380 e. The fourth-order valence-electron chi connectivity index (χ4n) is 0.819. The van der Waals surface area contributed by atoms with Gasteiger partial charge in [0.25, 0.3) is 0 Å². The average molecular weight is 212 g/mol. The molecule has 4 nitrogen and oxygen atoms in total. The maximum absolute atomic E-state index is 10.9. The summed E-state index contributed by atoms with van der Waals surface area (Å²) in [6.07, 6.45) is 1.11. The van der Waals surface area contributed by atoms with E-state index >= 15 is 0 Å². The highest BCUT2D eigenvalue weighted by atomic mass is 32.1. The molecule has 1 rings (SSSR count). The third-order valence-corrected chi connectivity index (χ3v) is 2.37. The van der Waals surface area contributed by atoms with Gasteiger partial charge < -0.3 is 10.6 Å². The number of oxime groups is 1. The van der Waals surface area contributed by atoms with Gasteiger partial charge >= 0.3 is 5.97 Å². The zero-order valence-electron chi connectivity index (χ0n) is 7.90. The quantitative estimate of drug-likeness (QED) is 0.357. The number of carbonyl (C=O) groups excluding carboxylic acids is 1. The van der Waals surface area contributed by atoms with Crippen LogP contribution in [-0.4, -0.2) is 11.8 Å². The average Bonchev–Trinajstić information content (AvgIpc) is 2.67. The normalized spacial score (nSPS) is 11.4. The molecule has 5 heteroatoms. The number of hydrogen-bond acceptors (Lipinski definition) is 4. The van der Waals surface area contributed by atoms with Crippen LogP contribution in [0, 0.1) is 0 Å². The predicted molar refractivity (Wildman–Crippen MR) is 56.0 cm³/mol. The van der Waals surface area contributed by atoms with Gasteiger partial charge in [-0.3, -0.25) is 0 Å². The van der Waals surface area contributed by atoms with E-state index in [2.05, 4.69) is 9.99 Å². The maximum atomic E-state index is 10.9. The maximum Gasteiger partial charge on any atom is 0.335 e. The number of nitrogens with zero attached hydrogens (tertiary/aromatic N) is 1. The van der Waals surface area contributed by atoms with E-state index in [1.165, 1.54) is 11.3 Å². The highest BCUT2D eigenvalue weighted by molar-refractivity contribution is 7.12. The van der Waals surface area contributed by atoms with Crippen LogP contribution in [0.25, 0.3) is 0 Å². The van der Waals surface area contributed by atoms with Crippen LogP contribution >= 0.6 is 11.3 Å². The van der Waals surface area contributed by atoms with Crippen molar-refractivity contribution < 1.29 is 9.63 Å². The first-order valence-electron chi connectivity index (χ1n) is 4.31. The Kier molecular flexibility index (Phi) is 4.12. The summed E-state index contributed by atoms with van der Waals surface area (Å²) < 4.78 is 0. The molecule has 0 saturated heterocycles. The van der Waals surface area contributed by atoms with Gasteiger partial charge in [0.15, 0.2) is 5.84 Å². The van der Waals surface area contributed by atoms with Gasteiger partial charge in [0.2, 0.25) is 0 Å². The van der Waals surface area contributed by atoms with Crippen LogP contribution in [0.4, 0.5) is 0 Å². The number of thiophene rings is 1. The Bertz CT molecular complexity index is 320. The molecule has 0 fully saturated rings. The largest absolute Gasteiger partial charge is 0.380 e. The fourth-order valence-corrected chi connectivity index (χ4v) is 1.44. The van der Waals surface area contributed by atoms with Gasteiger partial charge in [-0.2, -0.15) is 0 Å². The molecule has 0 radical (unpaired) electrons. The Morgan fingerprint density at radius 2 is 2.50 bits per heavy atom. The molecule has 0 aliphatic heterocycles. The Labute approximate surface area is 86.4 Å². The van der Waals surface area contributed by atoms with Crippen molar-refractivity contribution in [3.05, 3.63) is 22.4 Å². The molecule has 1 aromatic heterocycles. The summed E-state index contributed by atoms with van der Waals surface area (Å²) in [5, 5.41) is 5.42. The molecule has 0 aromatic carbocycles. The molecular weight excluding hydrogens is 200 g/mol. The highest BCUT2D eigenvalue weighted by Gasteiger charge is 2.02. The molecule has 1 aromatic rings. The zero-order valence-corrected chi connectivity index (χ0v) is 8.71. The monoisotopic (exact) mass is 212 g/mol. The SMILES string of the molecule is CCCC(=O)O/N=C(\N)c1cccs1. The molecule has 0 amide bonds. The topological polar surface area (TPSA) is 64.7 Å². The lowest BCUT2D eigenvalue weighted by atomic mass is 10.3. The molecule has 0 aliphatic carbocycles. The van der Waals surface area contributed by atoms with Crippen molar-refractivity contribution in [1.29, 1.82) is 0 Å². The van der Waals surface area contributed by atoms with Gasteiger partial charge in [-0.05, 0) is 17.9 Å². The first-order chi connectivity index (χ1) is 6.74. The van der Waals surface area contributed by atoms with Crippen LogP contribution in [0.15, 0.2) is 22.7 Å². The number of amidine groups is 1. The molecule has 0 aliphatic rings. The van der Waals surface area contributed by atoms with E-state index < -0.39 is 0 Å². The van der Waals surface area contributed by atoms with Crippen LogP contribution in [-0.2, 0) is 9.63 Å². The molecule has 0 unspecified atom stereocenters. The molecule has 1 heterocycles. The molecular formula is C9H12N2O2S. The zero-order chi connectivity index (χ0) is 10.4. The van der Waals surface area contributed by atoms with Crippen LogP contribution in [0.3, 0.4) is 0 Å². The standard InChI is InChI=1S/C9H12N2O2S/c1-2-4-8(12)13-11-9(10)7-5-3-6-14-7/h3,5-6H,2,4H2,1H3,(H2,10,11). The van der Waals surface area contributed by atoms with Gasteiger partial charge in [0, 0.05) is 6.42 Å². The second kappa shape index (κ2) is 5.39. The summed E-state index contributed by atoms with van der Waals surface area (Å²) in [5.41, 5.74) is 5.57. The van der Waals surface area contributed by atoms with Crippen molar-refractivity contribution in [3.63, 3.8) is 0 Å². The minimum atomic E-state index is -0.355. The molecule has 2 N–H and O–H groups in total. The first kappa shape index (κ1) is 10.7. The van der Waals surface area contributed by atoms with Crippen LogP contribution in [0.2, 0.25) is 0 Å². The highest BCUT2D eigenvalue weighted by Crippen LogP contribution is 2.07. The number of hydrogen-bond donors (Lipinski definition) is 1. The molecule has 0 atom stereocenters. The van der Waals surface area contributed by atoms with Crippen LogP contribution in [0.1, 0.15) is 24.6 Å². The van der Waals surface area contributed by atoms with Crippen LogP contribution in [0.5, 0.6) is 0 Å². The first-order valence-corrected chi connectivity index (χ1v) is 5.19. The van der Waals surface area contributed by atoms with Crippen molar-refractivity contribution >= 4 is 23.1 Å². The van der Waals surface area contributed by atoms with E-state index in [0.717, 1.165) is 11.3 Å². The van der Waals surface area contributed by atoms with E-state index in [0.29, 0.717) is 6.42 Å². The van der Waals surface area contributed by atoms with E-state index in [4.69, 9.17) is 5.73 Å². The molecule has 0 saturated carbocycles. The van der Waals surface area contributed by atoms with Crippen molar-refractivity contribution in [2.75, 3.05) is 0 Å². The minimum absolute atomic E-state index is 0.240. The van der Waals surface area contributed by atoms with Gasteiger partial charge in [-0.15, -0.1) is 11.3 Å². The van der Waals surface area contributed by atoms with Crippen molar-refractivity contribution in [2.24, 2.45) is 10.9 Å². The summed E-state index contributed by atoms with van der Waals surface area (Å²) in [7, 11) is 0. The van der Waals surface area contributed by atoms with Gasteiger partial charge in [0.05, 0.1) is 4.88 Å². The molecule has 14 heavy (non-hydrogen) atoms. The lowest BCUT2D eigenvalue weighted by molar-refractivity contribution is -0.143. The van der Waals surface area contributed by atoms with Crippen molar-refractivity contribution in [3.8, 4) is 0 Å². The van der Waals surface area contributed by atoms with Crippen molar-refractivity contribution in [1.82, 2.24) is 0 Å². The molecule has 76 valence electrons. The van der Waals surface area contributed by atoms with E-state index in [9.17, 15) is 4.79 Å². The second-order valence-electron chi connectivity index (χ2n) is 2.67. The Balaban J connectivity index is 2.49. The smallest absolute Gasteiger partial charge is 0.335 e.